The van der Waals surface area contributed by atoms with Crippen LogP contribution in [0.4, 0.5) is 0 Å². The lowest BCUT2D eigenvalue weighted by molar-refractivity contribution is 0.370. The maximum absolute atomic E-state index is 10.9. The molecule has 0 spiro atoms. The zero-order chi connectivity index (χ0) is 11.2. The predicted molar refractivity (Wildman–Crippen MR) is 50.2 cm³/mol. The standard InChI is InChI=1S/C8H6N2O5/c11-3-1-2-4(6(13)5(3)12)10-8(15)7(14)9-2/h1,11-13H,(H,9,14)(H,10,15). The van der Waals surface area contributed by atoms with Crippen LogP contribution >= 0.6 is 0 Å². The van der Waals surface area contributed by atoms with Crippen LogP contribution in [0.3, 0.4) is 0 Å². The monoisotopic (exact) mass is 210 g/mol. The van der Waals surface area contributed by atoms with Gasteiger partial charge in [0.15, 0.2) is 11.5 Å². The molecule has 7 nitrogen and oxygen atoms in total. The summed E-state index contributed by atoms with van der Waals surface area (Å²) in [6.45, 7) is 0. The van der Waals surface area contributed by atoms with E-state index in [0.717, 1.165) is 6.07 Å². The highest BCUT2D eigenvalue weighted by atomic mass is 16.3. The van der Waals surface area contributed by atoms with Crippen molar-refractivity contribution in [1.82, 2.24) is 9.97 Å². The van der Waals surface area contributed by atoms with E-state index in [0.29, 0.717) is 0 Å². The third kappa shape index (κ3) is 1.21. The van der Waals surface area contributed by atoms with Crippen molar-refractivity contribution in [2.24, 2.45) is 0 Å². The number of aromatic nitrogens is 2. The molecule has 0 atom stereocenters. The van der Waals surface area contributed by atoms with E-state index in [1.165, 1.54) is 0 Å². The molecule has 0 aliphatic rings. The Bertz CT molecular complexity index is 654. The summed E-state index contributed by atoms with van der Waals surface area (Å²) in [5.41, 5.74) is -1.99. The normalized spacial score (nSPS) is 10.7. The lowest BCUT2D eigenvalue weighted by atomic mass is 10.2. The second-order valence-corrected chi connectivity index (χ2v) is 2.92. The number of rotatable bonds is 0. The first-order chi connectivity index (χ1) is 7.00. The van der Waals surface area contributed by atoms with Crippen LogP contribution in [0.2, 0.25) is 0 Å². The fourth-order valence-corrected chi connectivity index (χ4v) is 1.22. The van der Waals surface area contributed by atoms with Crippen molar-refractivity contribution < 1.29 is 15.3 Å². The lowest BCUT2D eigenvalue weighted by Gasteiger charge is -2.04. The minimum Gasteiger partial charge on any atom is -0.504 e. The molecule has 1 heterocycles. The summed E-state index contributed by atoms with van der Waals surface area (Å²) in [5.74, 6) is -2.05. The van der Waals surface area contributed by atoms with E-state index >= 15 is 0 Å². The Hall–Kier alpha value is -2.44. The molecule has 0 bridgehead atoms. The van der Waals surface area contributed by atoms with Gasteiger partial charge in [0.2, 0.25) is 5.75 Å². The first kappa shape index (κ1) is 9.13. The van der Waals surface area contributed by atoms with Crippen molar-refractivity contribution >= 4 is 11.0 Å². The third-order valence-corrected chi connectivity index (χ3v) is 1.95. The first-order valence-corrected chi connectivity index (χ1v) is 3.91. The highest BCUT2D eigenvalue weighted by molar-refractivity contribution is 5.85. The quantitative estimate of drug-likeness (QED) is 0.291. The van der Waals surface area contributed by atoms with Crippen molar-refractivity contribution in [3.05, 3.63) is 26.8 Å². The van der Waals surface area contributed by atoms with E-state index < -0.39 is 28.4 Å². The molecule has 0 fully saturated rings. The number of aromatic amines is 2. The number of H-pyrrole nitrogens is 2. The van der Waals surface area contributed by atoms with Gasteiger partial charge in [0.1, 0.15) is 5.52 Å². The third-order valence-electron chi connectivity index (χ3n) is 1.95. The Balaban J connectivity index is 3.06. The van der Waals surface area contributed by atoms with Gasteiger partial charge in [-0.15, -0.1) is 0 Å². The Morgan fingerprint density at radius 3 is 2.20 bits per heavy atom. The summed E-state index contributed by atoms with van der Waals surface area (Å²) in [4.78, 5) is 26.1. The number of hydrogen-bond acceptors (Lipinski definition) is 5. The lowest BCUT2D eigenvalue weighted by Crippen LogP contribution is -2.28. The van der Waals surface area contributed by atoms with E-state index in [9.17, 15) is 14.7 Å². The molecule has 0 saturated heterocycles. The number of phenols is 3. The average Bonchev–Trinajstić information content (AvgIpc) is 2.19. The average molecular weight is 210 g/mol. The van der Waals surface area contributed by atoms with Gasteiger partial charge in [0.05, 0.1) is 5.52 Å². The molecular formula is C8H6N2O5. The van der Waals surface area contributed by atoms with Gasteiger partial charge in [-0.05, 0) is 0 Å². The highest BCUT2D eigenvalue weighted by Crippen LogP contribution is 2.38. The Morgan fingerprint density at radius 2 is 1.53 bits per heavy atom. The van der Waals surface area contributed by atoms with Crippen molar-refractivity contribution in [3.8, 4) is 17.2 Å². The van der Waals surface area contributed by atoms with E-state index in [2.05, 4.69) is 9.97 Å². The van der Waals surface area contributed by atoms with Crippen LogP contribution in [0.15, 0.2) is 15.7 Å². The Kier molecular flexibility index (Phi) is 1.69. The van der Waals surface area contributed by atoms with Gasteiger partial charge in [0.25, 0.3) is 0 Å². The molecule has 0 saturated carbocycles. The number of aromatic hydroxyl groups is 3. The van der Waals surface area contributed by atoms with Crippen LogP contribution in [0.25, 0.3) is 11.0 Å². The second-order valence-electron chi connectivity index (χ2n) is 2.92. The van der Waals surface area contributed by atoms with Gasteiger partial charge >= 0.3 is 11.1 Å². The number of fused-ring (bicyclic) bond motifs is 1. The molecule has 0 aliphatic heterocycles. The largest absolute Gasteiger partial charge is 0.504 e. The molecule has 0 radical (unpaired) electrons. The van der Waals surface area contributed by atoms with Crippen LogP contribution in [-0.4, -0.2) is 25.3 Å². The number of hydrogen-bond donors (Lipinski definition) is 5. The summed E-state index contributed by atoms with van der Waals surface area (Å²) in [7, 11) is 0. The first-order valence-electron chi connectivity index (χ1n) is 3.91. The highest BCUT2D eigenvalue weighted by Gasteiger charge is 2.12. The zero-order valence-corrected chi connectivity index (χ0v) is 7.24. The second kappa shape index (κ2) is 2.77. The summed E-state index contributed by atoms with van der Waals surface area (Å²) in [5, 5.41) is 27.6. The topological polar surface area (TPSA) is 126 Å². The number of benzene rings is 1. The molecular weight excluding hydrogens is 204 g/mol. The van der Waals surface area contributed by atoms with Crippen LogP contribution in [-0.2, 0) is 0 Å². The van der Waals surface area contributed by atoms with E-state index in [4.69, 9.17) is 10.2 Å². The Labute approximate surface area is 81.3 Å². The maximum atomic E-state index is 10.9. The fourth-order valence-electron chi connectivity index (χ4n) is 1.22. The van der Waals surface area contributed by atoms with Crippen molar-refractivity contribution in [2.45, 2.75) is 0 Å². The van der Waals surface area contributed by atoms with Crippen LogP contribution < -0.4 is 11.1 Å². The van der Waals surface area contributed by atoms with Crippen molar-refractivity contribution in [1.29, 1.82) is 0 Å². The van der Waals surface area contributed by atoms with Crippen LogP contribution in [0, 0.1) is 0 Å². The molecule has 7 heteroatoms. The molecule has 0 amide bonds. The van der Waals surface area contributed by atoms with Crippen LogP contribution in [0.1, 0.15) is 0 Å². The number of phenolic OH excluding ortho intramolecular Hbond substituents is 3. The summed E-state index contributed by atoms with van der Waals surface area (Å²) in [6, 6.07) is 1.02. The fraction of sp³-hybridized carbons (Fsp3) is 0. The molecule has 78 valence electrons. The van der Waals surface area contributed by atoms with Crippen molar-refractivity contribution in [3.63, 3.8) is 0 Å². The van der Waals surface area contributed by atoms with E-state index in [1.54, 1.807) is 0 Å². The molecule has 2 aromatic rings. The SMILES string of the molecule is O=c1[nH]c2cc(O)c(O)c(O)c2[nH]c1=O. The van der Waals surface area contributed by atoms with Gasteiger partial charge < -0.3 is 25.3 Å². The van der Waals surface area contributed by atoms with Gasteiger partial charge in [-0.1, -0.05) is 0 Å². The number of nitrogens with one attached hydrogen (secondary N) is 2. The molecule has 5 N–H and O–H groups in total. The van der Waals surface area contributed by atoms with E-state index in [-0.39, 0.29) is 11.0 Å². The van der Waals surface area contributed by atoms with Gasteiger partial charge in [-0.3, -0.25) is 9.59 Å². The van der Waals surface area contributed by atoms with Gasteiger partial charge in [-0.25, -0.2) is 0 Å². The molecule has 0 aliphatic carbocycles. The Morgan fingerprint density at radius 1 is 0.933 bits per heavy atom. The summed E-state index contributed by atoms with van der Waals surface area (Å²) < 4.78 is 0. The molecule has 2 rings (SSSR count). The summed E-state index contributed by atoms with van der Waals surface area (Å²) in [6.07, 6.45) is 0. The minimum absolute atomic E-state index is 0.0207. The smallest absolute Gasteiger partial charge is 0.314 e. The zero-order valence-electron chi connectivity index (χ0n) is 7.24. The molecule has 0 unspecified atom stereocenters. The van der Waals surface area contributed by atoms with E-state index in [1.807, 2.05) is 0 Å². The molecule has 1 aromatic carbocycles. The summed E-state index contributed by atoms with van der Waals surface area (Å²) >= 11 is 0. The van der Waals surface area contributed by atoms with Crippen molar-refractivity contribution in [2.75, 3.05) is 0 Å². The van der Waals surface area contributed by atoms with Crippen LogP contribution in [0.5, 0.6) is 17.2 Å². The minimum atomic E-state index is -0.956. The molecule has 15 heavy (non-hydrogen) atoms. The maximum Gasteiger partial charge on any atom is 0.314 e. The molecule has 1 aromatic heterocycles. The van der Waals surface area contributed by atoms with Gasteiger partial charge in [-0.2, -0.15) is 0 Å². The predicted octanol–water partition coefficient (Wildman–Crippen LogP) is -0.667. The van der Waals surface area contributed by atoms with Gasteiger partial charge in [0, 0.05) is 6.07 Å².